The van der Waals surface area contributed by atoms with Crippen LogP contribution in [0.4, 0.5) is 8.78 Å². The number of aromatic nitrogens is 2. The predicted octanol–water partition coefficient (Wildman–Crippen LogP) is 4.33. The summed E-state index contributed by atoms with van der Waals surface area (Å²) in [6.07, 6.45) is 3.01. The molecule has 1 saturated carbocycles. The van der Waals surface area contributed by atoms with Gasteiger partial charge in [-0.2, -0.15) is 8.78 Å². The van der Waals surface area contributed by atoms with E-state index in [9.17, 15) is 23.2 Å². The Kier molecular flexibility index (Phi) is 10.0. The number of hydrogen-bond donors (Lipinski definition) is 1. The molecule has 0 bridgehead atoms. The SMILES string of the molecule is C=CCO[C@@H]1CC[C@H]1CC(=O)N[C@H](C(=O)N1C[C@H](Oc2nc3ccccc3nc2C(F)(F)C=C)C[C@H]1C(=O)OC)C(C)(C)C. The molecule has 2 aliphatic rings. The van der Waals surface area contributed by atoms with Crippen molar-refractivity contribution in [2.75, 3.05) is 20.3 Å². The van der Waals surface area contributed by atoms with Crippen LogP contribution in [0.25, 0.3) is 11.0 Å². The minimum absolute atomic E-state index is 0.0315. The van der Waals surface area contributed by atoms with Gasteiger partial charge in [-0.15, -0.1) is 6.58 Å². The van der Waals surface area contributed by atoms with Crippen molar-refractivity contribution in [3.63, 3.8) is 0 Å². The summed E-state index contributed by atoms with van der Waals surface area (Å²) in [6.45, 7) is 12.6. The molecule has 2 amide bonds. The van der Waals surface area contributed by atoms with E-state index in [0.717, 1.165) is 12.8 Å². The third kappa shape index (κ3) is 7.23. The number of likely N-dealkylation sites (tertiary alicyclic amines) is 1. The average Bonchev–Trinajstić information content (AvgIpc) is 3.40. The first-order valence-corrected chi connectivity index (χ1v) is 14.6. The van der Waals surface area contributed by atoms with E-state index in [0.29, 0.717) is 18.2 Å². The zero-order chi connectivity index (χ0) is 32.2. The van der Waals surface area contributed by atoms with E-state index < -0.39 is 53.0 Å². The van der Waals surface area contributed by atoms with Crippen LogP contribution in [0, 0.1) is 11.3 Å². The number of methoxy groups -OCH3 is 1. The van der Waals surface area contributed by atoms with Gasteiger partial charge in [0, 0.05) is 12.8 Å². The maximum Gasteiger partial charge on any atom is 0.328 e. The molecule has 1 aromatic heterocycles. The molecule has 1 N–H and O–H groups in total. The van der Waals surface area contributed by atoms with Crippen LogP contribution >= 0.6 is 0 Å². The lowest BCUT2D eigenvalue weighted by Crippen LogP contribution is -2.57. The maximum atomic E-state index is 14.9. The molecule has 0 unspecified atom stereocenters. The monoisotopic (exact) mass is 614 g/mol. The standard InChI is InChI=1S/C32H40F2N4O6/c1-7-15-43-24-14-13-19(24)16-25(39)37-27(31(3,4)5)29(40)38-18-20(17-23(38)30(41)42-6)44-28-26(32(33,34)8-2)35-21-11-9-10-12-22(21)36-28/h7-12,19-20,23-24,27H,1-2,13-18H2,3-6H3,(H,37,39)/t19-,20+,23-,24+,27+/m0/s1. The molecular weight excluding hydrogens is 574 g/mol. The molecule has 5 atom stereocenters. The van der Waals surface area contributed by atoms with E-state index in [1.54, 1.807) is 51.1 Å². The summed E-state index contributed by atoms with van der Waals surface area (Å²) in [5.74, 6) is -5.46. The van der Waals surface area contributed by atoms with Crippen molar-refractivity contribution >= 4 is 28.8 Å². The van der Waals surface area contributed by atoms with Crippen LogP contribution in [0.3, 0.4) is 0 Å². The van der Waals surface area contributed by atoms with Crippen molar-refractivity contribution in [1.29, 1.82) is 0 Å². The van der Waals surface area contributed by atoms with Gasteiger partial charge in [0.15, 0.2) is 5.69 Å². The number of nitrogens with one attached hydrogen (secondary N) is 1. The Morgan fingerprint density at radius 2 is 1.82 bits per heavy atom. The van der Waals surface area contributed by atoms with Crippen LogP contribution in [0.1, 0.15) is 52.1 Å². The van der Waals surface area contributed by atoms with Crippen molar-refractivity contribution in [2.45, 2.75) is 76.7 Å². The molecule has 2 heterocycles. The molecular formula is C32H40F2N4O6. The Morgan fingerprint density at radius 1 is 1.14 bits per heavy atom. The van der Waals surface area contributed by atoms with Crippen molar-refractivity contribution in [1.82, 2.24) is 20.2 Å². The Hall–Kier alpha value is -3.93. The van der Waals surface area contributed by atoms with Gasteiger partial charge >= 0.3 is 11.9 Å². The van der Waals surface area contributed by atoms with E-state index >= 15 is 0 Å². The zero-order valence-electron chi connectivity index (χ0n) is 25.6. The number of nitrogens with zero attached hydrogens (tertiary/aromatic N) is 3. The Labute approximate surface area is 255 Å². The Bertz CT molecular complexity index is 1410. The van der Waals surface area contributed by atoms with Crippen molar-refractivity contribution in [2.24, 2.45) is 11.3 Å². The van der Waals surface area contributed by atoms with E-state index in [1.165, 1.54) is 12.0 Å². The summed E-state index contributed by atoms with van der Waals surface area (Å²) in [4.78, 5) is 49.7. The highest BCUT2D eigenvalue weighted by atomic mass is 19.3. The average molecular weight is 615 g/mol. The van der Waals surface area contributed by atoms with Gasteiger partial charge in [0.2, 0.25) is 17.7 Å². The highest BCUT2D eigenvalue weighted by Gasteiger charge is 2.47. The minimum Gasteiger partial charge on any atom is -0.471 e. The van der Waals surface area contributed by atoms with Crippen molar-refractivity contribution in [3.05, 3.63) is 55.3 Å². The predicted molar refractivity (Wildman–Crippen MR) is 159 cm³/mol. The number of fused-ring (bicyclic) bond motifs is 1. The number of rotatable bonds is 12. The number of amides is 2. The van der Waals surface area contributed by atoms with Gasteiger partial charge in [-0.1, -0.05) is 45.6 Å². The summed E-state index contributed by atoms with van der Waals surface area (Å²) in [5, 5.41) is 2.88. The second-order valence-electron chi connectivity index (χ2n) is 12.3. The maximum absolute atomic E-state index is 14.9. The van der Waals surface area contributed by atoms with E-state index in [1.807, 2.05) is 0 Å². The van der Waals surface area contributed by atoms with Crippen LogP contribution in [0.15, 0.2) is 49.6 Å². The molecule has 238 valence electrons. The fourth-order valence-electron chi connectivity index (χ4n) is 5.48. The number of benzene rings is 1. The number of allylic oxidation sites excluding steroid dienone is 1. The minimum atomic E-state index is -3.56. The molecule has 2 aromatic rings. The van der Waals surface area contributed by atoms with E-state index in [-0.39, 0.29) is 42.8 Å². The number of carbonyl (C=O) groups excluding carboxylic acids is 3. The quantitative estimate of drug-likeness (QED) is 0.277. The first-order chi connectivity index (χ1) is 20.8. The molecule has 12 heteroatoms. The van der Waals surface area contributed by atoms with Crippen LogP contribution in [0.5, 0.6) is 5.88 Å². The number of halogens is 2. The number of hydrogen-bond acceptors (Lipinski definition) is 8. The number of carbonyl (C=O) groups is 3. The fraction of sp³-hybridized carbons (Fsp3) is 0.531. The molecule has 1 aliphatic carbocycles. The van der Waals surface area contributed by atoms with Crippen LogP contribution in [-0.2, 0) is 29.8 Å². The van der Waals surface area contributed by atoms with Gasteiger partial charge in [0.05, 0.1) is 37.4 Å². The topological polar surface area (TPSA) is 120 Å². The molecule has 2 fully saturated rings. The third-order valence-corrected chi connectivity index (χ3v) is 8.05. The lowest BCUT2D eigenvalue weighted by atomic mass is 9.79. The lowest BCUT2D eigenvalue weighted by Gasteiger charge is -2.38. The molecule has 1 aromatic carbocycles. The smallest absolute Gasteiger partial charge is 0.328 e. The summed E-state index contributed by atoms with van der Waals surface area (Å²) < 4.78 is 46.4. The van der Waals surface area contributed by atoms with Crippen LogP contribution in [0.2, 0.25) is 0 Å². The van der Waals surface area contributed by atoms with Gasteiger partial charge in [0.25, 0.3) is 0 Å². The number of ether oxygens (including phenoxy) is 3. The summed E-state index contributed by atoms with van der Waals surface area (Å²) in [6, 6.07) is 4.45. The molecule has 1 aliphatic heterocycles. The normalized spacial score (nSPS) is 22.5. The zero-order valence-corrected chi connectivity index (χ0v) is 25.6. The van der Waals surface area contributed by atoms with Gasteiger partial charge < -0.3 is 24.4 Å². The molecule has 0 radical (unpaired) electrons. The van der Waals surface area contributed by atoms with Crippen molar-refractivity contribution in [3.8, 4) is 5.88 Å². The first-order valence-electron chi connectivity index (χ1n) is 14.6. The second-order valence-corrected chi connectivity index (χ2v) is 12.3. The van der Waals surface area contributed by atoms with Crippen LogP contribution < -0.4 is 10.1 Å². The molecule has 44 heavy (non-hydrogen) atoms. The highest BCUT2D eigenvalue weighted by molar-refractivity contribution is 5.92. The van der Waals surface area contributed by atoms with Gasteiger partial charge in [-0.3, -0.25) is 9.59 Å². The third-order valence-electron chi connectivity index (χ3n) is 8.05. The highest BCUT2D eigenvalue weighted by Crippen LogP contribution is 2.37. The van der Waals surface area contributed by atoms with E-state index in [4.69, 9.17) is 14.2 Å². The van der Waals surface area contributed by atoms with Crippen LogP contribution in [-0.4, -0.2) is 77.2 Å². The van der Waals surface area contributed by atoms with Gasteiger partial charge in [-0.05, 0) is 42.4 Å². The summed E-state index contributed by atoms with van der Waals surface area (Å²) in [7, 11) is 1.20. The lowest BCUT2D eigenvalue weighted by molar-refractivity contribution is -0.153. The second kappa shape index (κ2) is 13.4. The number of para-hydroxylation sites is 2. The van der Waals surface area contributed by atoms with E-state index in [2.05, 4.69) is 28.4 Å². The molecule has 1 saturated heterocycles. The Morgan fingerprint density at radius 3 is 2.39 bits per heavy atom. The summed E-state index contributed by atoms with van der Waals surface area (Å²) in [5.41, 5.74) is -0.873. The largest absolute Gasteiger partial charge is 0.471 e. The summed E-state index contributed by atoms with van der Waals surface area (Å²) >= 11 is 0. The number of alkyl halides is 2. The van der Waals surface area contributed by atoms with Gasteiger partial charge in [0.1, 0.15) is 18.2 Å². The van der Waals surface area contributed by atoms with Crippen molar-refractivity contribution < 1.29 is 37.4 Å². The molecule has 10 nitrogen and oxygen atoms in total. The first kappa shape index (κ1) is 33.0. The van der Waals surface area contributed by atoms with Gasteiger partial charge in [-0.25, -0.2) is 14.8 Å². The molecule has 4 rings (SSSR count). The Balaban J connectivity index is 1.56. The number of esters is 1. The fourth-order valence-corrected chi connectivity index (χ4v) is 5.48. The molecule has 0 spiro atoms.